The molecule has 4 N–H and O–H groups in total. The van der Waals surface area contributed by atoms with E-state index in [-0.39, 0.29) is 0 Å². The molecule has 0 spiro atoms. The van der Waals surface area contributed by atoms with Crippen LogP contribution in [0.5, 0.6) is 0 Å². The Bertz CT molecular complexity index is 238. The average Bonchev–Trinajstić information content (AvgIpc) is 2.04. The fourth-order valence-corrected chi connectivity index (χ4v) is 1.21. The van der Waals surface area contributed by atoms with Crippen LogP contribution >= 0.6 is 0 Å². The first-order chi connectivity index (χ1) is 5.75. The van der Waals surface area contributed by atoms with Crippen LogP contribution in [0.2, 0.25) is 0 Å². The second-order valence-electron chi connectivity index (χ2n) is 2.88. The molecule has 0 saturated carbocycles. The summed E-state index contributed by atoms with van der Waals surface area (Å²) in [6, 6.07) is 1.97. The van der Waals surface area contributed by atoms with E-state index in [4.69, 9.17) is 11.5 Å². The number of pyridine rings is 1. The van der Waals surface area contributed by atoms with Gasteiger partial charge in [0.2, 0.25) is 0 Å². The molecule has 0 amide bonds. The molecular formula is C9H15N3. The van der Waals surface area contributed by atoms with Crippen LogP contribution < -0.4 is 11.5 Å². The third kappa shape index (κ3) is 1.95. The summed E-state index contributed by atoms with van der Waals surface area (Å²) in [7, 11) is 0. The van der Waals surface area contributed by atoms with E-state index in [2.05, 4.69) is 4.98 Å². The fourth-order valence-electron chi connectivity index (χ4n) is 1.21. The van der Waals surface area contributed by atoms with Crippen molar-refractivity contribution in [1.82, 2.24) is 4.98 Å². The lowest BCUT2D eigenvalue weighted by Gasteiger charge is -2.06. The topological polar surface area (TPSA) is 64.9 Å². The summed E-state index contributed by atoms with van der Waals surface area (Å²) in [5.41, 5.74) is 13.5. The summed E-state index contributed by atoms with van der Waals surface area (Å²) in [5, 5.41) is 0. The molecule has 1 heterocycles. The summed E-state index contributed by atoms with van der Waals surface area (Å²) < 4.78 is 0. The third-order valence-corrected chi connectivity index (χ3v) is 1.95. The number of nitrogens with zero attached hydrogens (tertiary/aromatic N) is 1. The number of aryl methyl sites for hydroxylation is 1. The lowest BCUT2D eigenvalue weighted by Crippen LogP contribution is -2.04. The molecule has 0 saturated heterocycles. The van der Waals surface area contributed by atoms with Gasteiger partial charge in [-0.1, -0.05) is 0 Å². The standard InChI is InChI=1S/C9H15N3/c1-7-4-6-12-9(11)8(7)3-2-5-10/h4,6H,2-3,5,10H2,1H3,(H2,11,12). The summed E-state index contributed by atoms with van der Waals surface area (Å²) in [4.78, 5) is 4.03. The molecule has 12 heavy (non-hydrogen) atoms. The van der Waals surface area contributed by atoms with E-state index in [9.17, 15) is 0 Å². The Labute approximate surface area is 72.8 Å². The van der Waals surface area contributed by atoms with Gasteiger partial charge >= 0.3 is 0 Å². The van der Waals surface area contributed by atoms with Crippen LogP contribution in [0.15, 0.2) is 12.3 Å². The van der Waals surface area contributed by atoms with Crippen molar-refractivity contribution in [2.24, 2.45) is 5.73 Å². The Hall–Kier alpha value is -1.09. The van der Waals surface area contributed by atoms with Gasteiger partial charge in [0.1, 0.15) is 5.82 Å². The van der Waals surface area contributed by atoms with Crippen LogP contribution in [0.3, 0.4) is 0 Å². The predicted octanol–water partition coefficient (Wildman–Crippen LogP) is 0.864. The average molecular weight is 165 g/mol. The van der Waals surface area contributed by atoms with Gasteiger partial charge in [-0.15, -0.1) is 0 Å². The zero-order valence-electron chi connectivity index (χ0n) is 7.38. The van der Waals surface area contributed by atoms with Crippen LogP contribution in [0.4, 0.5) is 5.82 Å². The van der Waals surface area contributed by atoms with Crippen LogP contribution in [-0.4, -0.2) is 11.5 Å². The predicted molar refractivity (Wildman–Crippen MR) is 50.8 cm³/mol. The van der Waals surface area contributed by atoms with Crippen molar-refractivity contribution >= 4 is 5.82 Å². The molecule has 1 aromatic heterocycles. The number of hydrogen-bond acceptors (Lipinski definition) is 3. The highest BCUT2D eigenvalue weighted by Crippen LogP contribution is 2.14. The Kier molecular flexibility index (Phi) is 3.05. The Morgan fingerprint density at radius 2 is 2.25 bits per heavy atom. The molecule has 3 heteroatoms. The van der Waals surface area contributed by atoms with Gasteiger partial charge in [0.05, 0.1) is 0 Å². The number of nitrogens with two attached hydrogens (primary N) is 2. The molecular weight excluding hydrogens is 150 g/mol. The van der Waals surface area contributed by atoms with Gasteiger partial charge in [0.25, 0.3) is 0 Å². The van der Waals surface area contributed by atoms with Crippen molar-refractivity contribution in [3.05, 3.63) is 23.4 Å². The van der Waals surface area contributed by atoms with Crippen molar-refractivity contribution in [1.29, 1.82) is 0 Å². The number of rotatable bonds is 3. The summed E-state index contributed by atoms with van der Waals surface area (Å²) in [5.74, 6) is 0.642. The highest BCUT2D eigenvalue weighted by atomic mass is 14.8. The zero-order chi connectivity index (χ0) is 8.97. The number of aromatic nitrogens is 1. The van der Waals surface area contributed by atoms with E-state index >= 15 is 0 Å². The van der Waals surface area contributed by atoms with Crippen molar-refractivity contribution < 1.29 is 0 Å². The molecule has 0 aromatic carbocycles. The molecule has 0 unspecified atom stereocenters. The smallest absolute Gasteiger partial charge is 0.126 e. The molecule has 0 aliphatic heterocycles. The van der Waals surface area contributed by atoms with Crippen molar-refractivity contribution in [3.63, 3.8) is 0 Å². The van der Waals surface area contributed by atoms with Gasteiger partial charge in [0.15, 0.2) is 0 Å². The second kappa shape index (κ2) is 4.07. The summed E-state index contributed by atoms with van der Waals surface area (Å²) >= 11 is 0. The molecule has 66 valence electrons. The maximum Gasteiger partial charge on any atom is 0.126 e. The van der Waals surface area contributed by atoms with Crippen molar-refractivity contribution in [2.75, 3.05) is 12.3 Å². The van der Waals surface area contributed by atoms with Gasteiger partial charge in [-0.3, -0.25) is 0 Å². The largest absolute Gasteiger partial charge is 0.383 e. The van der Waals surface area contributed by atoms with E-state index in [0.717, 1.165) is 18.4 Å². The SMILES string of the molecule is Cc1ccnc(N)c1CCCN. The molecule has 0 aliphatic rings. The zero-order valence-corrected chi connectivity index (χ0v) is 7.38. The first-order valence-electron chi connectivity index (χ1n) is 4.15. The number of anilines is 1. The van der Waals surface area contributed by atoms with Crippen molar-refractivity contribution in [2.45, 2.75) is 19.8 Å². The number of nitrogen functional groups attached to an aromatic ring is 1. The van der Waals surface area contributed by atoms with Crippen LogP contribution in [-0.2, 0) is 6.42 Å². The Morgan fingerprint density at radius 1 is 1.50 bits per heavy atom. The molecule has 0 atom stereocenters. The minimum atomic E-state index is 0.642. The van der Waals surface area contributed by atoms with Gasteiger partial charge in [-0.05, 0) is 43.5 Å². The van der Waals surface area contributed by atoms with Gasteiger partial charge in [-0.2, -0.15) is 0 Å². The minimum Gasteiger partial charge on any atom is -0.383 e. The van der Waals surface area contributed by atoms with Gasteiger partial charge < -0.3 is 11.5 Å². The molecule has 0 radical (unpaired) electrons. The highest BCUT2D eigenvalue weighted by molar-refractivity contribution is 5.43. The van der Waals surface area contributed by atoms with Crippen LogP contribution in [0.25, 0.3) is 0 Å². The minimum absolute atomic E-state index is 0.642. The maximum atomic E-state index is 5.71. The van der Waals surface area contributed by atoms with Crippen LogP contribution in [0, 0.1) is 6.92 Å². The van der Waals surface area contributed by atoms with E-state index in [0.29, 0.717) is 12.4 Å². The lowest BCUT2D eigenvalue weighted by atomic mass is 10.1. The Morgan fingerprint density at radius 3 is 2.83 bits per heavy atom. The summed E-state index contributed by atoms with van der Waals surface area (Å²) in [6.07, 6.45) is 3.63. The first-order valence-corrected chi connectivity index (χ1v) is 4.15. The molecule has 0 fully saturated rings. The maximum absolute atomic E-state index is 5.71. The molecule has 3 nitrogen and oxygen atoms in total. The first kappa shape index (κ1) is 9.00. The molecule has 0 aliphatic carbocycles. The monoisotopic (exact) mass is 165 g/mol. The molecule has 1 rings (SSSR count). The van der Waals surface area contributed by atoms with Gasteiger partial charge in [-0.25, -0.2) is 4.98 Å². The van der Waals surface area contributed by atoms with E-state index in [1.807, 2.05) is 13.0 Å². The Balaban J connectivity index is 2.81. The van der Waals surface area contributed by atoms with Crippen LogP contribution in [0.1, 0.15) is 17.5 Å². The van der Waals surface area contributed by atoms with E-state index in [1.54, 1.807) is 6.20 Å². The van der Waals surface area contributed by atoms with E-state index < -0.39 is 0 Å². The van der Waals surface area contributed by atoms with Crippen molar-refractivity contribution in [3.8, 4) is 0 Å². The quantitative estimate of drug-likeness (QED) is 0.698. The normalized spacial score (nSPS) is 10.2. The van der Waals surface area contributed by atoms with Gasteiger partial charge in [0, 0.05) is 6.20 Å². The third-order valence-electron chi connectivity index (χ3n) is 1.95. The van der Waals surface area contributed by atoms with E-state index in [1.165, 1.54) is 5.56 Å². The lowest BCUT2D eigenvalue weighted by molar-refractivity contribution is 0.826. The second-order valence-corrected chi connectivity index (χ2v) is 2.88. The highest BCUT2D eigenvalue weighted by Gasteiger charge is 2.02. The fraction of sp³-hybridized carbons (Fsp3) is 0.444. The molecule has 0 bridgehead atoms. The summed E-state index contributed by atoms with van der Waals surface area (Å²) in [6.45, 7) is 2.75. The molecule has 1 aromatic rings. The number of hydrogen-bond donors (Lipinski definition) is 2.